The maximum atomic E-state index is 12.0. The summed E-state index contributed by atoms with van der Waals surface area (Å²) in [4.78, 5) is 16.6. The number of carbonyl (C=O) groups is 1. The maximum absolute atomic E-state index is 12.0. The number of hydrogen-bond acceptors (Lipinski definition) is 5. The van der Waals surface area contributed by atoms with E-state index in [1.807, 2.05) is 54.8 Å². The Kier molecular flexibility index (Phi) is 5.72. The molecular weight excluding hydrogens is 340 g/mol. The second-order valence-corrected chi connectivity index (χ2v) is 7.16. The molecule has 4 nitrogen and oxygen atoms in total. The van der Waals surface area contributed by atoms with Gasteiger partial charge in [-0.25, -0.2) is 4.98 Å². The van der Waals surface area contributed by atoms with Gasteiger partial charge in [0.2, 0.25) is 5.91 Å². The van der Waals surface area contributed by atoms with Crippen LogP contribution in [0.5, 0.6) is 0 Å². The molecule has 0 bridgehead atoms. The van der Waals surface area contributed by atoms with Crippen molar-refractivity contribution in [3.05, 3.63) is 65.4 Å². The van der Waals surface area contributed by atoms with Crippen molar-refractivity contribution in [1.29, 1.82) is 0 Å². The van der Waals surface area contributed by atoms with Crippen LogP contribution in [0.4, 0.5) is 0 Å². The Labute approximate surface area is 149 Å². The third-order valence-corrected chi connectivity index (χ3v) is 5.32. The highest BCUT2D eigenvalue weighted by Crippen LogP contribution is 2.25. The Morgan fingerprint density at radius 2 is 2.12 bits per heavy atom. The topological polar surface area (TPSA) is 55.1 Å². The molecule has 1 atom stereocenters. The van der Waals surface area contributed by atoms with Gasteiger partial charge in [0, 0.05) is 11.1 Å². The van der Waals surface area contributed by atoms with Crippen LogP contribution in [0.25, 0.3) is 10.8 Å². The molecule has 3 rings (SSSR count). The average Bonchev–Trinajstić information content (AvgIpc) is 3.27. The second kappa shape index (κ2) is 8.17. The van der Waals surface area contributed by atoms with E-state index in [2.05, 4.69) is 10.3 Å². The first-order valence-corrected chi connectivity index (χ1v) is 9.66. The van der Waals surface area contributed by atoms with Crippen LogP contribution in [-0.2, 0) is 10.5 Å². The van der Waals surface area contributed by atoms with Gasteiger partial charge in [0.25, 0.3) is 0 Å². The summed E-state index contributed by atoms with van der Waals surface area (Å²) in [5.41, 5.74) is 2.08. The van der Waals surface area contributed by atoms with Crippen molar-refractivity contribution in [2.24, 2.45) is 0 Å². The van der Waals surface area contributed by atoms with Crippen LogP contribution < -0.4 is 5.32 Å². The Hall–Kier alpha value is -2.05. The third-order valence-electron chi connectivity index (χ3n) is 3.44. The smallest absolute Gasteiger partial charge is 0.230 e. The largest absolute Gasteiger partial charge is 0.462 e. The van der Waals surface area contributed by atoms with Gasteiger partial charge in [0.05, 0.1) is 23.8 Å². The molecule has 0 fully saturated rings. The van der Waals surface area contributed by atoms with Crippen LogP contribution in [0.15, 0.2) is 58.5 Å². The highest BCUT2D eigenvalue weighted by atomic mass is 32.2. The number of furan rings is 1. The molecule has 3 aromatic rings. The maximum Gasteiger partial charge on any atom is 0.230 e. The van der Waals surface area contributed by atoms with Crippen molar-refractivity contribution in [2.75, 3.05) is 5.75 Å². The van der Waals surface area contributed by atoms with Crippen LogP contribution in [-0.4, -0.2) is 16.6 Å². The fraction of sp³-hybridized carbons (Fsp3) is 0.222. The molecule has 0 unspecified atom stereocenters. The Balaban J connectivity index is 1.44. The summed E-state index contributed by atoms with van der Waals surface area (Å²) in [5.74, 6) is 1.96. The van der Waals surface area contributed by atoms with E-state index in [1.54, 1.807) is 29.4 Å². The van der Waals surface area contributed by atoms with Crippen LogP contribution >= 0.6 is 23.1 Å². The third kappa shape index (κ3) is 4.49. The van der Waals surface area contributed by atoms with Gasteiger partial charge >= 0.3 is 0 Å². The molecule has 6 heteroatoms. The number of nitrogens with zero attached hydrogens (tertiary/aromatic N) is 1. The van der Waals surface area contributed by atoms with Crippen molar-refractivity contribution in [1.82, 2.24) is 10.3 Å². The highest BCUT2D eigenvalue weighted by Gasteiger charge is 2.11. The van der Waals surface area contributed by atoms with E-state index in [0.29, 0.717) is 11.5 Å². The van der Waals surface area contributed by atoms with Gasteiger partial charge in [-0.05, 0) is 24.6 Å². The molecule has 1 amide bonds. The second-order valence-electron chi connectivity index (χ2n) is 5.31. The first kappa shape index (κ1) is 16.8. The highest BCUT2D eigenvalue weighted by molar-refractivity contribution is 7.99. The molecule has 2 aromatic heterocycles. The number of thioether (sulfide) groups is 1. The Bertz CT molecular complexity index is 769. The van der Waals surface area contributed by atoms with Gasteiger partial charge in [0.1, 0.15) is 0 Å². The van der Waals surface area contributed by atoms with E-state index in [9.17, 15) is 4.79 Å². The number of rotatable bonds is 7. The van der Waals surface area contributed by atoms with E-state index in [-0.39, 0.29) is 11.9 Å². The van der Waals surface area contributed by atoms with Gasteiger partial charge in [-0.15, -0.1) is 23.1 Å². The van der Waals surface area contributed by atoms with E-state index in [1.165, 1.54) is 0 Å². The zero-order valence-corrected chi connectivity index (χ0v) is 14.9. The lowest BCUT2D eigenvalue weighted by atomic mass is 10.1. The predicted molar refractivity (Wildman–Crippen MR) is 99.0 cm³/mol. The zero-order valence-electron chi connectivity index (χ0n) is 13.3. The summed E-state index contributed by atoms with van der Waals surface area (Å²) < 4.78 is 5.34. The van der Waals surface area contributed by atoms with Gasteiger partial charge in [-0.1, -0.05) is 30.3 Å². The molecule has 0 spiro atoms. The first-order chi connectivity index (χ1) is 11.7. The molecule has 0 saturated heterocycles. The summed E-state index contributed by atoms with van der Waals surface area (Å²) >= 11 is 3.12. The number of carbonyl (C=O) groups excluding carboxylic acids is 1. The summed E-state index contributed by atoms with van der Waals surface area (Å²) in [5, 5.41) is 5.90. The van der Waals surface area contributed by atoms with Gasteiger partial charge in [-0.3, -0.25) is 4.79 Å². The molecule has 0 radical (unpaired) electrons. The Morgan fingerprint density at radius 1 is 1.29 bits per heavy atom. The van der Waals surface area contributed by atoms with E-state index >= 15 is 0 Å². The van der Waals surface area contributed by atoms with Gasteiger partial charge in [0.15, 0.2) is 10.8 Å². The van der Waals surface area contributed by atoms with Crippen molar-refractivity contribution in [3.63, 3.8) is 0 Å². The standard InChI is InChI=1S/C18H18N2O2S2/c1-13(14-6-3-2-4-7-14)19-17(21)12-23-10-15-11-24-18(20-15)16-8-5-9-22-16/h2-9,11,13H,10,12H2,1H3,(H,19,21)/t13-/m0/s1. The number of aromatic nitrogens is 1. The molecule has 124 valence electrons. The van der Waals surface area contributed by atoms with E-state index < -0.39 is 0 Å². The lowest BCUT2D eigenvalue weighted by molar-refractivity contribution is -0.119. The minimum atomic E-state index is 0.0177. The van der Waals surface area contributed by atoms with Gasteiger partial charge < -0.3 is 9.73 Å². The van der Waals surface area contributed by atoms with Crippen molar-refractivity contribution in [3.8, 4) is 10.8 Å². The number of nitrogens with one attached hydrogen (secondary N) is 1. The predicted octanol–water partition coefficient (Wildman–Crippen LogP) is 4.51. The normalized spacial score (nSPS) is 12.0. The fourth-order valence-corrected chi connectivity index (χ4v) is 3.86. The summed E-state index contributed by atoms with van der Waals surface area (Å²) in [6.07, 6.45) is 1.64. The van der Waals surface area contributed by atoms with Gasteiger partial charge in [-0.2, -0.15) is 0 Å². The quantitative estimate of drug-likeness (QED) is 0.675. The van der Waals surface area contributed by atoms with Crippen molar-refractivity contribution in [2.45, 2.75) is 18.7 Å². The lowest BCUT2D eigenvalue weighted by Crippen LogP contribution is -2.28. The zero-order chi connectivity index (χ0) is 16.8. The van der Waals surface area contributed by atoms with Crippen LogP contribution in [0.2, 0.25) is 0 Å². The van der Waals surface area contributed by atoms with Crippen molar-refractivity contribution >= 4 is 29.0 Å². The molecular formula is C18H18N2O2S2. The molecule has 0 aliphatic carbocycles. The minimum Gasteiger partial charge on any atom is -0.462 e. The molecule has 2 heterocycles. The molecule has 1 aromatic carbocycles. The van der Waals surface area contributed by atoms with Crippen LogP contribution in [0.1, 0.15) is 24.2 Å². The molecule has 24 heavy (non-hydrogen) atoms. The molecule has 0 aliphatic rings. The van der Waals surface area contributed by atoms with Crippen LogP contribution in [0, 0.1) is 0 Å². The first-order valence-electron chi connectivity index (χ1n) is 7.62. The monoisotopic (exact) mass is 358 g/mol. The average molecular weight is 358 g/mol. The van der Waals surface area contributed by atoms with E-state index in [0.717, 1.165) is 22.0 Å². The number of amides is 1. The molecule has 0 saturated carbocycles. The minimum absolute atomic E-state index is 0.0177. The molecule has 1 N–H and O–H groups in total. The summed E-state index contributed by atoms with van der Waals surface area (Å²) in [6.45, 7) is 1.99. The van der Waals surface area contributed by atoms with Crippen molar-refractivity contribution < 1.29 is 9.21 Å². The fourth-order valence-electron chi connectivity index (χ4n) is 2.24. The summed E-state index contributed by atoms with van der Waals surface area (Å²) in [6, 6.07) is 13.7. The number of hydrogen-bond donors (Lipinski definition) is 1. The lowest BCUT2D eigenvalue weighted by Gasteiger charge is -2.13. The van der Waals surface area contributed by atoms with E-state index in [4.69, 9.17) is 4.42 Å². The number of thiazole rings is 1. The van der Waals surface area contributed by atoms with Crippen LogP contribution in [0.3, 0.4) is 0 Å². The Morgan fingerprint density at radius 3 is 2.88 bits per heavy atom. The molecule has 0 aliphatic heterocycles. The number of benzene rings is 1. The summed E-state index contributed by atoms with van der Waals surface area (Å²) in [7, 11) is 0. The SMILES string of the molecule is C[C@H](NC(=O)CSCc1csc(-c2ccco2)n1)c1ccccc1.